The van der Waals surface area contributed by atoms with Gasteiger partial charge in [0.25, 0.3) is 5.56 Å². The van der Waals surface area contributed by atoms with E-state index in [1.807, 2.05) is 55.3 Å². The van der Waals surface area contributed by atoms with Crippen molar-refractivity contribution in [2.75, 3.05) is 14.2 Å². The van der Waals surface area contributed by atoms with Crippen molar-refractivity contribution in [2.45, 2.75) is 20.0 Å². The molecule has 0 aliphatic rings. The van der Waals surface area contributed by atoms with E-state index in [4.69, 9.17) is 9.26 Å². The number of rotatable bonds is 6. The minimum atomic E-state index is -0.115. The van der Waals surface area contributed by atoms with Crippen molar-refractivity contribution in [3.8, 4) is 16.2 Å². The van der Waals surface area contributed by atoms with Gasteiger partial charge in [0.1, 0.15) is 22.0 Å². The Bertz CT molecular complexity index is 1160. The Balaban J connectivity index is 1.58. The maximum atomic E-state index is 12.5. The quantitative estimate of drug-likeness (QED) is 0.536. The summed E-state index contributed by atoms with van der Waals surface area (Å²) in [6.07, 6.45) is 0. The molecule has 0 amide bonds. The zero-order valence-corrected chi connectivity index (χ0v) is 16.7. The maximum absolute atomic E-state index is 12.5. The van der Waals surface area contributed by atoms with Crippen LogP contribution in [0.5, 0.6) is 5.75 Å². The van der Waals surface area contributed by atoms with E-state index in [9.17, 15) is 4.79 Å². The number of aromatic nitrogens is 3. The number of thiophene rings is 1. The van der Waals surface area contributed by atoms with E-state index >= 15 is 0 Å². The number of benzene rings is 1. The standard InChI is InChI=1S/C20H20N4O3S/c1-12-8-14(23-27-12)10-24(2)11-18-21-16-9-17(28-19(16)20(25)22-18)13-4-6-15(26-3)7-5-13/h4-9H,10-11H2,1-3H3,(H,21,22,25). The molecule has 0 bridgehead atoms. The fourth-order valence-corrected chi connectivity index (χ4v) is 4.04. The van der Waals surface area contributed by atoms with Crippen molar-refractivity contribution in [2.24, 2.45) is 0 Å². The molecule has 0 saturated heterocycles. The highest BCUT2D eigenvalue weighted by Gasteiger charge is 2.12. The number of methoxy groups -OCH3 is 1. The molecule has 0 aliphatic carbocycles. The minimum Gasteiger partial charge on any atom is -0.497 e. The fourth-order valence-electron chi connectivity index (χ4n) is 3.04. The van der Waals surface area contributed by atoms with Crippen LogP contribution < -0.4 is 10.3 Å². The molecule has 0 fully saturated rings. The van der Waals surface area contributed by atoms with Crippen LogP contribution in [0.25, 0.3) is 20.7 Å². The molecular formula is C20H20N4O3S. The van der Waals surface area contributed by atoms with Gasteiger partial charge in [-0.15, -0.1) is 11.3 Å². The third kappa shape index (κ3) is 3.83. The summed E-state index contributed by atoms with van der Waals surface area (Å²) in [6, 6.07) is 11.6. The molecule has 0 spiro atoms. The van der Waals surface area contributed by atoms with Crippen molar-refractivity contribution in [1.82, 2.24) is 20.0 Å². The van der Waals surface area contributed by atoms with Crippen LogP contribution in [0, 0.1) is 6.92 Å². The number of nitrogens with zero attached hydrogens (tertiary/aromatic N) is 3. The Hall–Kier alpha value is -2.97. The number of hydrogen-bond donors (Lipinski definition) is 1. The molecule has 0 atom stereocenters. The van der Waals surface area contributed by atoms with E-state index in [0.29, 0.717) is 29.1 Å². The second-order valence-electron chi connectivity index (χ2n) is 6.67. The highest BCUT2D eigenvalue weighted by molar-refractivity contribution is 7.22. The number of aryl methyl sites for hydroxylation is 1. The first-order chi connectivity index (χ1) is 13.5. The molecule has 0 aliphatic heterocycles. The number of fused-ring (bicyclic) bond motifs is 1. The fraction of sp³-hybridized carbons (Fsp3) is 0.250. The Labute approximate surface area is 165 Å². The molecule has 1 aromatic carbocycles. The molecular weight excluding hydrogens is 376 g/mol. The molecule has 144 valence electrons. The van der Waals surface area contributed by atoms with Crippen molar-refractivity contribution < 1.29 is 9.26 Å². The molecule has 3 heterocycles. The summed E-state index contributed by atoms with van der Waals surface area (Å²) in [5, 5.41) is 4.00. The second kappa shape index (κ2) is 7.57. The minimum absolute atomic E-state index is 0.115. The largest absolute Gasteiger partial charge is 0.497 e. The third-order valence-electron chi connectivity index (χ3n) is 4.33. The Morgan fingerprint density at radius 1 is 1.21 bits per heavy atom. The predicted molar refractivity (Wildman–Crippen MR) is 109 cm³/mol. The monoisotopic (exact) mass is 396 g/mol. The van der Waals surface area contributed by atoms with Gasteiger partial charge in [-0.25, -0.2) is 4.98 Å². The van der Waals surface area contributed by atoms with Crippen LogP contribution in [0.3, 0.4) is 0 Å². The topological polar surface area (TPSA) is 84.2 Å². The van der Waals surface area contributed by atoms with Crippen LogP contribution in [0.1, 0.15) is 17.3 Å². The van der Waals surface area contributed by atoms with E-state index in [2.05, 4.69) is 15.1 Å². The molecule has 3 aromatic heterocycles. The van der Waals surface area contributed by atoms with Gasteiger partial charge in [-0.1, -0.05) is 5.16 Å². The van der Waals surface area contributed by atoms with E-state index < -0.39 is 0 Å². The number of ether oxygens (including phenoxy) is 1. The Kier molecular flexibility index (Phi) is 4.97. The molecule has 8 heteroatoms. The van der Waals surface area contributed by atoms with Crippen LogP contribution in [0.15, 0.2) is 45.7 Å². The first-order valence-corrected chi connectivity index (χ1v) is 9.61. The first kappa shape index (κ1) is 18.4. The molecule has 0 unspecified atom stereocenters. The predicted octanol–water partition coefficient (Wildman–Crippen LogP) is 3.59. The number of H-pyrrole nitrogens is 1. The summed E-state index contributed by atoms with van der Waals surface area (Å²) in [4.78, 5) is 23.1. The van der Waals surface area contributed by atoms with Crippen molar-refractivity contribution in [3.05, 3.63) is 64.0 Å². The van der Waals surface area contributed by atoms with Crippen molar-refractivity contribution in [1.29, 1.82) is 0 Å². The molecule has 0 radical (unpaired) electrons. The maximum Gasteiger partial charge on any atom is 0.268 e. The van der Waals surface area contributed by atoms with Gasteiger partial charge in [0.15, 0.2) is 0 Å². The summed E-state index contributed by atoms with van der Waals surface area (Å²) in [6.45, 7) is 2.98. The van der Waals surface area contributed by atoms with Crippen molar-refractivity contribution >= 4 is 21.6 Å². The summed E-state index contributed by atoms with van der Waals surface area (Å²) in [5.74, 6) is 2.20. The summed E-state index contributed by atoms with van der Waals surface area (Å²) < 4.78 is 10.9. The zero-order valence-electron chi connectivity index (χ0n) is 15.9. The lowest BCUT2D eigenvalue weighted by atomic mass is 10.2. The van der Waals surface area contributed by atoms with Gasteiger partial charge in [0.2, 0.25) is 0 Å². The lowest BCUT2D eigenvalue weighted by Gasteiger charge is -2.13. The summed E-state index contributed by atoms with van der Waals surface area (Å²) in [7, 11) is 3.59. The lowest BCUT2D eigenvalue weighted by Crippen LogP contribution is -2.21. The second-order valence-corrected chi connectivity index (χ2v) is 7.72. The van der Waals surface area contributed by atoms with Crippen LogP contribution in [-0.4, -0.2) is 34.2 Å². The van der Waals surface area contributed by atoms with Crippen LogP contribution in [0.2, 0.25) is 0 Å². The average Bonchev–Trinajstić information content (AvgIpc) is 3.28. The highest BCUT2D eigenvalue weighted by atomic mass is 32.1. The molecule has 0 saturated carbocycles. The Morgan fingerprint density at radius 2 is 2.00 bits per heavy atom. The Morgan fingerprint density at radius 3 is 2.68 bits per heavy atom. The van der Waals surface area contributed by atoms with Gasteiger partial charge in [-0.05, 0) is 49.9 Å². The average molecular weight is 396 g/mol. The van der Waals surface area contributed by atoms with Crippen molar-refractivity contribution in [3.63, 3.8) is 0 Å². The molecule has 28 heavy (non-hydrogen) atoms. The van der Waals surface area contributed by atoms with Gasteiger partial charge >= 0.3 is 0 Å². The summed E-state index contributed by atoms with van der Waals surface area (Å²) >= 11 is 1.44. The van der Waals surface area contributed by atoms with E-state index in [1.165, 1.54) is 11.3 Å². The van der Waals surface area contributed by atoms with Gasteiger partial charge < -0.3 is 14.2 Å². The van der Waals surface area contributed by atoms with Crippen LogP contribution in [0.4, 0.5) is 0 Å². The lowest BCUT2D eigenvalue weighted by molar-refractivity contribution is 0.295. The first-order valence-electron chi connectivity index (χ1n) is 8.80. The van der Waals surface area contributed by atoms with E-state index in [1.54, 1.807) is 7.11 Å². The molecule has 1 N–H and O–H groups in total. The molecule has 7 nitrogen and oxygen atoms in total. The normalized spacial score (nSPS) is 11.4. The van der Waals surface area contributed by atoms with Crippen LogP contribution >= 0.6 is 11.3 Å². The number of aromatic amines is 1. The highest BCUT2D eigenvalue weighted by Crippen LogP contribution is 2.31. The summed E-state index contributed by atoms with van der Waals surface area (Å²) in [5.41, 5.74) is 2.47. The molecule has 4 aromatic rings. The SMILES string of the molecule is COc1ccc(-c2cc3nc(CN(C)Cc4cc(C)on4)[nH]c(=O)c3s2)cc1. The number of nitrogens with one attached hydrogen (secondary N) is 1. The number of hydrogen-bond acceptors (Lipinski definition) is 7. The third-order valence-corrected chi connectivity index (χ3v) is 5.51. The van der Waals surface area contributed by atoms with E-state index in [0.717, 1.165) is 27.6 Å². The van der Waals surface area contributed by atoms with E-state index in [-0.39, 0.29) is 5.56 Å². The van der Waals surface area contributed by atoms with Gasteiger partial charge in [-0.3, -0.25) is 9.69 Å². The molecule has 4 rings (SSSR count). The van der Waals surface area contributed by atoms with Gasteiger partial charge in [0, 0.05) is 17.5 Å². The zero-order chi connectivity index (χ0) is 19.7. The van der Waals surface area contributed by atoms with Gasteiger partial charge in [-0.2, -0.15) is 0 Å². The smallest absolute Gasteiger partial charge is 0.268 e. The van der Waals surface area contributed by atoms with Gasteiger partial charge in [0.05, 0.1) is 24.9 Å². The van der Waals surface area contributed by atoms with Crippen LogP contribution in [-0.2, 0) is 13.1 Å².